The first-order valence-electron chi connectivity index (χ1n) is 5.72. The summed E-state index contributed by atoms with van der Waals surface area (Å²) in [6.45, 7) is 0. The van der Waals surface area contributed by atoms with Gasteiger partial charge in [0.15, 0.2) is 0 Å². The molecule has 3 aromatic rings. The molecule has 0 amide bonds. The van der Waals surface area contributed by atoms with Gasteiger partial charge in [0.1, 0.15) is 5.75 Å². The van der Waals surface area contributed by atoms with Crippen molar-refractivity contribution >= 4 is 22.1 Å². The lowest BCUT2D eigenvalue weighted by atomic mass is 10.1. The Kier molecular flexibility index (Phi) is 2.57. The maximum Gasteiger partial charge on any atom is 0.123 e. The predicted octanol–water partition coefficient (Wildman–Crippen LogP) is 3.68. The largest absolute Gasteiger partial charge is 0.507 e. The normalized spacial score (nSPS) is 10.4. The van der Waals surface area contributed by atoms with Crippen LogP contribution in [-0.2, 0) is 0 Å². The summed E-state index contributed by atoms with van der Waals surface area (Å²) in [5.74, 6) is 0.297. The Morgan fingerprint density at radius 2 is 1.56 bits per heavy atom. The Morgan fingerprint density at radius 3 is 2.33 bits per heavy atom. The van der Waals surface area contributed by atoms with E-state index in [1.807, 2.05) is 42.5 Å². The van der Waals surface area contributed by atoms with Crippen molar-refractivity contribution in [2.24, 2.45) is 0 Å². The van der Waals surface area contributed by atoms with E-state index < -0.39 is 0 Å². The number of aromatic nitrogens is 1. The number of phenols is 1. The van der Waals surface area contributed by atoms with Gasteiger partial charge in [-0.2, -0.15) is 0 Å². The van der Waals surface area contributed by atoms with Gasteiger partial charge < -0.3 is 10.4 Å². The minimum atomic E-state index is 0.297. The lowest BCUT2D eigenvalue weighted by Gasteiger charge is -2.10. The van der Waals surface area contributed by atoms with Crippen molar-refractivity contribution in [3.63, 3.8) is 0 Å². The van der Waals surface area contributed by atoms with Crippen molar-refractivity contribution in [1.82, 2.24) is 4.98 Å². The molecule has 0 aliphatic heterocycles. The van der Waals surface area contributed by atoms with Gasteiger partial charge in [-0.15, -0.1) is 0 Å². The van der Waals surface area contributed by atoms with E-state index in [-0.39, 0.29) is 0 Å². The first-order chi connectivity index (χ1) is 8.84. The number of aromatic hydroxyl groups is 1. The molecule has 0 saturated heterocycles. The number of nitrogens with one attached hydrogen (secondary N) is 1. The summed E-state index contributed by atoms with van der Waals surface area (Å²) in [4.78, 5) is 3.98. The third kappa shape index (κ3) is 1.86. The lowest BCUT2D eigenvalue weighted by Crippen LogP contribution is -1.91. The van der Waals surface area contributed by atoms with Crippen molar-refractivity contribution in [3.05, 3.63) is 60.9 Å². The van der Waals surface area contributed by atoms with E-state index in [2.05, 4.69) is 10.3 Å². The van der Waals surface area contributed by atoms with Gasteiger partial charge >= 0.3 is 0 Å². The summed E-state index contributed by atoms with van der Waals surface area (Å²) in [5, 5.41) is 15.0. The fourth-order valence-corrected chi connectivity index (χ4v) is 1.98. The smallest absolute Gasteiger partial charge is 0.123 e. The Morgan fingerprint density at radius 1 is 0.833 bits per heavy atom. The fourth-order valence-electron chi connectivity index (χ4n) is 1.98. The Balaban J connectivity index is 2.10. The number of anilines is 2. The molecule has 2 N–H and O–H groups in total. The van der Waals surface area contributed by atoms with Crippen LogP contribution in [0.1, 0.15) is 0 Å². The average molecular weight is 236 g/mol. The van der Waals surface area contributed by atoms with Gasteiger partial charge in [-0.05, 0) is 24.3 Å². The molecule has 3 heteroatoms. The maximum absolute atomic E-state index is 9.82. The highest BCUT2D eigenvalue weighted by molar-refractivity contribution is 5.98. The van der Waals surface area contributed by atoms with Crippen LogP contribution in [0.3, 0.4) is 0 Å². The highest BCUT2D eigenvalue weighted by atomic mass is 16.3. The van der Waals surface area contributed by atoms with Crippen LogP contribution in [0.25, 0.3) is 10.8 Å². The van der Waals surface area contributed by atoms with E-state index in [1.165, 1.54) is 0 Å². The first kappa shape index (κ1) is 10.6. The third-order valence-corrected chi connectivity index (χ3v) is 2.86. The molecule has 88 valence electrons. The van der Waals surface area contributed by atoms with Gasteiger partial charge in [0.05, 0.1) is 0 Å². The van der Waals surface area contributed by atoms with Crippen LogP contribution in [-0.4, -0.2) is 10.1 Å². The summed E-state index contributed by atoms with van der Waals surface area (Å²) >= 11 is 0. The zero-order valence-electron chi connectivity index (χ0n) is 9.67. The highest BCUT2D eigenvalue weighted by Crippen LogP contribution is 2.32. The van der Waals surface area contributed by atoms with Crippen LogP contribution in [0.15, 0.2) is 60.9 Å². The molecule has 0 spiro atoms. The van der Waals surface area contributed by atoms with E-state index in [4.69, 9.17) is 0 Å². The van der Waals surface area contributed by atoms with Crippen molar-refractivity contribution in [2.45, 2.75) is 0 Å². The molecule has 0 bridgehead atoms. The number of benzene rings is 2. The predicted molar refractivity (Wildman–Crippen MR) is 73.1 cm³/mol. The zero-order valence-corrected chi connectivity index (χ0v) is 9.67. The summed E-state index contributed by atoms with van der Waals surface area (Å²) in [7, 11) is 0. The Labute approximate surface area is 105 Å². The minimum absolute atomic E-state index is 0.297. The molecule has 18 heavy (non-hydrogen) atoms. The summed E-state index contributed by atoms with van der Waals surface area (Å²) in [6, 6.07) is 15.1. The van der Waals surface area contributed by atoms with Crippen molar-refractivity contribution in [2.75, 3.05) is 5.32 Å². The molecule has 3 nitrogen and oxygen atoms in total. The molecule has 0 aliphatic rings. The molecule has 0 atom stereocenters. The van der Waals surface area contributed by atoms with Crippen molar-refractivity contribution in [3.8, 4) is 5.75 Å². The summed E-state index contributed by atoms with van der Waals surface area (Å²) < 4.78 is 0. The molecule has 1 heterocycles. The number of phenolic OH excluding ortho intramolecular Hbond substituents is 1. The van der Waals surface area contributed by atoms with E-state index in [1.54, 1.807) is 18.5 Å². The molecule has 0 fully saturated rings. The van der Waals surface area contributed by atoms with Crippen LogP contribution in [0.4, 0.5) is 11.4 Å². The quantitative estimate of drug-likeness (QED) is 0.667. The van der Waals surface area contributed by atoms with Crippen molar-refractivity contribution in [1.29, 1.82) is 0 Å². The van der Waals surface area contributed by atoms with Crippen molar-refractivity contribution < 1.29 is 5.11 Å². The zero-order chi connectivity index (χ0) is 12.4. The second kappa shape index (κ2) is 4.37. The van der Waals surface area contributed by atoms with Gasteiger partial charge in [-0.25, -0.2) is 0 Å². The SMILES string of the molecule is Oc1ccc(Nc2ccncc2)c2ccccc12. The molecular weight excluding hydrogens is 224 g/mol. The van der Waals surface area contributed by atoms with Gasteiger partial charge in [0.2, 0.25) is 0 Å². The third-order valence-electron chi connectivity index (χ3n) is 2.86. The number of fused-ring (bicyclic) bond motifs is 1. The number of hydrogen-bond acceptors (Lipinski definition) is 3. The summed E-state index contributed by atoms with van der Waals surface area (Å²) in [5.41, 5.74) is 1.94. The standard InChI is InChI=1S/C15H12N2O/c18-15-6-5-14(12-3-1-2-4-13(12)15)17-11-7-9-16-10-8-11/h1-10,18H,(H,16,17). The minimum Gasteiger partial charge on any atom is -0.507 e. The fraction of sp³-hybridized carbons (Fsp3) is 0. The Hall–Kier alpha value is -2.55. The van der Waals surface area contributed by atoms with Crippen LogP contribution in [0.2, 0.25) is 0 Å². The van der Waals surface area contributed by atoms with Gasteiger partial charge in [0, 0.05) is 34.5 Å². The van der Waals surface area contributed by atoms with Gasteiger partial charge in [-0.3, -0.25) is 4.98 Å². The number of rotatable bonds is 2. The Bertz CT molecular complexity index is 680. The molecule has 3 rings (SSSR count). The summed E-state index contributed by atoms with van der Waals surface area (Å²) in [6.07, 6.45) is 3.48. The molecular formula is C15H12N2O. The van der Waals surface area contributed by atoms with E-state index in [9.17, 15) is 5.11 Å². The molecule has 1 aromatic heterocycles. The second-order valence-corrected chi connectivity index (χ2v) is 4.04. The van der Waals surface area contributed by atoms with E-state index >= 15 is 0 Å². The molecule has 0 radical (unpaired) electrons. The maximum atomic E-state index is 9.82. The average Bonchev–Trinajstić information content (AvgIpc) is 2.44. The number of hydrogen-bond donors (Lipinski definition) is 2. The van der Waals surface area contributed by atoms with Crippen LogP contribution in [0.5, 0.6) is 5.75 Å². The topological polar surface area (TPSA) is 45.1 Å². The number of pyridine rings is 1. The molecule has 2 aromatic carbocycles. The van der Waals surface area contributed by atoms with Gasteiger partial charge in [-0.1, -0.05) is 24.3 Å². The molecule has 0 unspecified atom stereocenters. The highest BCUT2D eigenvalue weighted by Gasteiger charge is 2.04. The lowest BCUT2D eigenvalue weighted by molar-refractivity contribution is 0.481. The second-order valence-electron chi connectivity index (χ2n) is 4.04. The molecule has 0 saturated carbocycles. The monoisotopic (exact) mass is 236 g/mol. The molecule has 0 aliphatic carbocycles. The van der Waals surface area contributed by atoms with E-state index in [0.29, 0.717) is 5.75 Å². The number of nitrogens with zero attached hydrogens (tertiary/aromatic N) is 1. The van der Waals surface area contributed by atoms with E-state index in [0.717, 1.165) is 22.1 Å². The van der Waals surface area contributed by atoms with Crippen LogP contribution < -0.4 is 5.32 Å². The first-order valence-corrected chi connectivity index (χ1v) is 5.72. The van der Waals surface area contributed by atoms with Crippen LogP contribution in [0, 0.1) is 0 Å². The van der Waals surface area contributed by atoms with Crippen LogP contribution >= 0.6 is 0 Å². The van der Waals surface area contributed by atoms with Gasteiger partial charge in [0.25, 0.3) is 0 Å².